The Kier molecular flexibility index (Phi) is 6.96. The van der Waals surface area contributed by atoms with Crippen LogP contribution in [0.1, 0.15) is 44.1 Å². The van der Waals surface area contributed by atoms with Gasteiger partial charge < -0.3 is 19.6 Å². The van der Waals surface area contributed by atoms with E-state index in [1.54, 1.807) is 7.11 Å². The van der Waals surface area contributed by atoms with Gasteiger partial charge in [-0.1, -0.05) is 37.8 Å². The molecule has 2 aliphatic rings. The maximum atomic E-state index is 11.8. The van der Waals surface area contributed by atoms with Crippen LogP contribution in [-0.2, 0) is 6.42 Å². The molecule has 4 heteroatoms. The molecule has 2 fully saturated rings. The topological polar surface area (TPSA) is 35.9 Å². The van der Waals surface area contributed by atoms with E-state index in [4.69, 9.17) is 4.74 Å². The Hall–Kier alpha value is -1.10. The largest absolute Gasteiger partial charge is 0.497 e. The summed E-state index contributed by atoms with van der Waals surface area (Å²) >= 11 is 0. The molecule has 1 aliphatic carbocycles. The van der Waals surface area contributed by atoms with Gasteiger partial charge in [0.05, 0.1) is 12.7 Å². The van der Waals surface area contributed by atoms with Crippen LogP contribution < -0.4 is 4.74 Å². The molecule has 1 saturated carbocycles. The van der Waals surface area contributed by atoms with Crippen molar-refractivity contribution in [2.24, 2.45) is 5.92 Å². The van der Waals surface area contributed by atoms with Crippen molar-refractivity contribution >= 4 is 0 Å². The number of nitrogens with zero attached hydrogens (tertiary/aromatic N) is 2. The van der Waals surface area contributed by atoms with E-state index < -0.39 is 5.60 Å². The van der Waals surface area contributed by atoms with Gasteiger partial charge in [-0.05, 0) is 37.6 Å². The summed E-state index contributed by atoms with van der Waals surface area (Å²) in [4.78, 5) is 4.97. The lowest BCUT2D eigenvalue weighted by Crippen LogP contribution is -2.51. The Morgan fingerprint density at radius 1 is 1.12 bits per heavy atom. The van der Waals surface area contributed by atoms with Gasteiger partial charge in [-0.25, -0.2) is 0 Å². The molecule has 2 unspecified atom stereocenters. The number of aliphatic hydroxyl groups is 1. The number of hydrogen-bond acceptors (Lipinski definition) is 4. The van der Waals surface area contributed by atoms with Gasteiger partial charge in [0.2, 0.25) is 0 Å². The zero-order valence-corrected chi connectivity index (χ0v) is 16.6. The Morgan fingerprint density at radius 2 is 1.88 bits per heavy atom. The molecule has 0 radical (unpaired) electrons. The third-order valence-electron chi connectivity index (χ3n) is 6.39. The van der Waals surface area contributed by atoms with E-state index in [9.17, 15) is 5.11 Å². The first-order chi connectivity index (χ1) is 12.6. The number of benzene rings is 1. The van der Waals surface area contributed by atoms with E-state index in [0.29, 0.717) is 5.92 Å². The van der Waals surface area contributed by atoms with E-state index in [-0.39, 0.29) is 0 Å². The molecule has 1 saturated heterocycles. The molecule has 1 N–H and O–H groups in total. The molecular weight excluding hydrogens is 324 g/mol. The summed E-state index contributed by atoms with van der Waals surface area (Å²) in [5.41, 5.74) is 0.589. The van der Waals surface area contributed by atoms with E-state index in [2.05, 4.69) is 29.0 Å². The fourth-order valence-electron chi connectivity index (χ4n) is 4.62. The molecule has 0 spiro atoms. The quantitative estimate of drug-likeness (QED) is 0.875. The Morgan fingerprint density at radius 3 is 2.65 bits per heavy atom. The van der Waals surface area contributed by atoms with Crippen molar-refractivity contribution in [2.45, 2.75) is 50.5 Å². The molecule has 4 nitrogen and oxygen atoms in total. The van der Waals surface area contributed by atoms with Gasteiger partial charge in [0.1, 0.15) is 5.75 Å². The molecule has 2 atom stereocenters. The first-order valence-corrected chi connectivity index (χ1v) is 10.4. The maximum Gasteiger partial charge on any atom is 0.119 e. The molecule has 0 bridgehead atoms. The zero-order valence-electron chi connectivity index (χ0n) is 16.6. The van der Waals surface area contributed by atoms with Gasteiger partial charge in [-0.15, -0.1) is 0 Å². The van der Waals surface area contributed by atoms with Crippen LogP contribution in [0.5, 0.6) is 5.75 Å². The molecule has 0 amide bonds. The Bertz CT molecular complexity index is 557. The monoisotopic (exact) mass is 360 g/mol. The van der Waals surface area contributed by atoms with Crippen molar-refractivity contribution < 1.29 is 9.84 Å². The summed E-state index contributed by atoms with van der Waals surface area (Å²) in [5.74, 6) is 1.24. The summed E-state index contributed by atoms with van der Waals surface area (Å²) in [6, 6.07) is 8.24. The highest BCUT2D eigenvalue weighted by Crippen LogP contribution is 2.35. The van der Waals surface area contributed by atoms with Crippen LogP contribution in [0.4, 0.5) is 0 Å². The minimum Gasteiger partial charge on any atom is -0.497 e. The van der Waals surface area contributed by atoms with Crippen LogP contribution in [0, 0.1) is 5.92 Å². The van der Waals surface area contributed by atoms with Crippen LogP contribution in [0.3, 0.4) is 0 Å². The van der Waals surface area contributed by atoms with Crippen molar-refractivity contribution in [3.63, 3.8) is 0 Å². The maximum absolute atomic E-state index is 11.8. The SMILES string of the molecule is COc1cccc(CC2(O)CCCCCCC2CN2CCN(C)CC2)c1. The lowest BCUT2D eigenvalue weighted by molar-refractivity contribution is -0.0512. The Balaban J connectivity index is 1.73. The van der Waals surface area contributed by atoms with Crippen LogP contribution in [0.2, 0.25) is 0 Å². The number of rotatable bonds is 5. The lowest BCUT2D eigenvalue weighted by Gasteiger charge is -2.42. The third-order valence-corrected chi connectivity index (χ3v) is 6.39. The summed E-state index contributed by atoms with van der Waals surface area (Å²) in [5, 5.41) is 11.8. The fraction of sp³-hybridized carbons (Fsp3) is 0.727. The van der Waals surface area contributed by atoms with E-state index in [0.717, 1.165) is 64.2 Å². The van der Waals surface area contributed by atoms with Gasteiger partial charge in [-0.2, -0.15) is 0 Å². The molecule has 1 aliphatic heterocycles. The number of piperazine rings is 1. The van der Waals surface area contributed by atoms with Gasteiger partial charge in [0.25, 0.3) is 0 Å². The van der Waals surface area contributed by atoms with Crippen molar-refractivity contribution in [2.75, 3.05) is 46.9 Å². The number of methoxy groups -OCH3 is 1. The summed E-state index contributed by atoms with van der Waals surface area (Å²) < 4.78 is 5.39. The third kappa shape index (κ3) is 5.21. The van der Waals surface area contributed by atoms with Crippen molar-refractivity contribution in [1.29, 1.82) is 0 Å². The molecule has 1 heterocycles. The van der Waals surface area contributed by atoms with Crippen LogP contribution in [-0.4, -0.2) is 67.4 Å². The van der Waals surface area contributed by atoms with Gasteiger partial charge in [0.15, 0.2) is 0 Å². The van der Waals surface area contributed by atoms with Crippen LogP contribution >= 0.6 is 0 Å². The minimum atomic E-state index is -0.601. The molecule has 0 aromatic heterocycles. The number of hydrogen-bond donors (Lipinski definition) is 1. The highest BCUT2D eigenvalue weighted by molar-refractivity contribution is 5.29. The number of ether oxygens (including phenoxy) is 1. The second-order valence-corrected chi connectivity index (χ2v) is 8.39. The van der Waals surface area contributed by atoms with E-state index >= 15 is 0 Å². The standard InChI is InChI=1S/C22H36N2O2/c1-23-12-14-24(15-13-23)18-20-9-5-3-4-6-11-22(20,25)17-19-8-7-10-21(16-19)26-2/h7-8,10,16,20,25H,3-6,9,11-15,17-18H2,1-2H3. The number of likely N-dealkylation sites (N-methyl/N-ethyl adjacent to an activating group) is 1. The lowest BCUT2D eigenvalue weighted by atomic mass is 9.74. The zero-order chi connectivity index (χ0) is 18.4. The van der Waals surface area contributed by atoms with Crippen molar-refractivity contribution in [3.05, 3.63) is 29.8 Å². The minimum absolute atomic E-state index is 0.359. The molecule has 3 rings (SSSR count). The Labute approximate surface area is 159 Å². The smallest absolute Gasteiger partial charge is 0.119 e. The van der Waals surface area contributed by atoms with Crippen molar-refractivity contribution in [1.82, 2.24) is 9.80 Å². The van der Waals surface area contributed by atoms with Gasteiger partial charge in [0, 0.05) is 45.1 Å². The van der Waals surface area contributed by atoms with Crippen LogP contribution in [0.25, 0.3) is 0 Å². The van der Waals surface area contributed by atoms with E-state index in [1.165, 1.54) is 24.8 Å². The van der Waals surface area contributed by atoms with Crippen LogP contribution in [0.15, 0.2) is 24.3 Å². The highest BCUT2D eigenvalue weighted by Gasteiger charge is 2.38. The molecule has 26 heavy (non-hydrogen) atoms. The highest BCUT2D eigenvalue weighted by atomic mass is 16.5. The predicted molar refractivity (Wildman–Crippen MR) is 107 cm³/mol. The second kappa shape index (κ2) is 9.20. The molecule has 1 aromatic rings. The first kappa shape index (κ1) is 19.7. The average Bonchev–Trinajstić information content (AvgIpc) is 2.64. The van der Waals surface area contributed by atoms with Gasteiger partial charge in [-0.3, -0.25) is 0 Å². The fourth-order valence-corrected chi connectivity index (χ4v) is 4.62. The van der Waals surface area contributed by atoms with Gasteiger partial charge >= 0.3 is 0 Å². The second-order valence-electron chi connectivity index (χ2n) is 8.39. The molecule has 146 valence electrons. The van der Waals surface area contributed by atoms with Crippen molar-refractivity contribution in [3.8, 4) is 5.75 Å². The molecular formula is C22H36N2O2. The summed E-state index contributed by atoms with van der Waals surface area (Å²) in [6.07, 6.45) is 7.76. The molecule has 1 aromatic carbocycles. The summed E-state index contributed by atoms with van der Waals surface area (Å²) in [7, 11) is 3.91. The normalized spacial score (nSPS) is 29.1. The predicted octanol–water partition coefficient (Wildman–Crippen LogP) is 3.19. The first-order valence-electron chi connectivity index (χ1n) is 10.4. The summed E-state index contributed by atoms with van der Waals surface area (Å²) in [6.45, 7) is 5.57. The van der Waals surface area contributed by atoms with E-state index in [1.807, 2.05) is 12.1 Å². The average molecular weight is 361 g/mol.